The molecule has 1 fully saturated rings. The number of carbonyl (C=O) groups excluding carboxylic acids is 1. The fraction of sp³-hybridized carbons (Fsp3) is 0.389. The van der Waals surface area contributed by atoms with Crippen molar-refractivity contribution in [3.8, 4) is 5.69 Å². The zero-order valence-corrected chi connectivity index (χ0v) is 16.8. The van der Waals surface area contributed by atoms with E-state index in [1.807, 2.05) is 0 Å². The Morgan fingerprint density at radius 1 is 1.19 bits per heavy atom. The number of rotatable bonds is 4. The van der Waals surface area contributed by atoms with Crippen LogP contribution in [0.25, 0.3) is 5.69 Å². The second-order valence-electron chi connectivity index (χ2n) is 6.79. The van der Waals surface area contributed by atoms with Crippen molar-refractivity contribution in [2.75, 3.05) is 13.2 Å². The van der Waals surface area contributed by atoms with Gasteiger partial charge in [0.05, 0.1) is 29.5 Å². The van der Waals surface area contributed by atoms with E-state index >= 15 is 0 Å². The molecule has 14 heteroatoms. The number of nitrogens with zero attached hydrogens (tertiary/aromatic N) is 2. The van der Waals surface area contributed by atoms with Crippen LogP contribution in [0.15, 0.2) is 27.8 Å². The molecule has 0 aliphatic carbocycles. The Balaban J connectivity index is 2.14. The predicted octanol–water partition coefficient (Wildman–Crippen LogP) is 2.93. The zero-order valence-electron chi connectivity index (χ0n) is 16.0. The van der Waals surface area contributed by atoms with Crippen molar-refractivity contribution in [3.63, 3.8) is 0 Å². The molecule has 1 saturated heterocycles. The highest BCUT2D eigenvalue weighted by molar-refractivity contribution is 6.33. The van der Waals surface area contributed by atoms with Crippen molar-refractivity contribution in [3.05, 3.63) is 61.1 Å². The Bertz CT molecular complexity index is 1180. The quantitative estimate of drug-likeness (QED) is 0.490. The molecule has 1 aromatic carbocycles. The van der Waals surface area contributed by atoms with Crippen molar-refractivity contribution < 1.29 is 40.6 Å². The van der Waals surface area contributed by atoms with Crippen LogP contribution >= 0.6 is 11.6 Å². The molecule has 0 bridgehead atoms. The molecule has 174 valence electrons. The van der Waals surface area contributed by atoms with Gasteiger partial charge in [0.2, 0.25) is 0 Å². The maximum absolute atomic E-state index is 14.5. The number of esters is 1. The molecule has 0 radical (unpaired) electrons. The summed E-state index contributed by atoms with van der Waals surface area (Å²) >= 11 is 5.85. The third kappa shape index (κ3) is 4.13. The molecule has 2 heterocycles. The Labute approximate surface area is 179 Å². The topological polar surface area (TPSA) is 79.5 Å². The van der Waals surface area contributed by atoms with E-state index in [-0.39, 0.29) is 21.8 Å². The molecular formula is C18H13ClF6N2O5. The number of halogens is 7. The van der Waals surface area contributed by atoms with Crippen LogP contribution < -0.4 is 11.2 Å². The van der Waals surface area contributed by atoms with Gasteiger partial charge in [-0.05, 0) is 12.1 Å². The molecule has 1 aromatic heterocycles. The van der Waals surface area contributed by atoms with Gasteiger partial charge in [0.1, 0.15) is 17.6 Å². The van der Waals surface area contributed by atoms with E-state index in [0.717, 1.165) is 0 Å². The van der Waals surface area contributed by atoms with Gasteiger partial charge in [-0.15, -0.1) is 0 Å². The molecule has 2 aromatic rings. The van der Waals surface area contributed by atoms with Crippen LogP contribution in [-0.2, 0) is 22.4 Å². The second-order valence-corrected chi connectivity index (χ2v) is 7.20. The van der Waals surface area contributed by atoms with E-state index in [2.05, 4.69) is 0 Å². The summed E-state index contributed by atoms with van der Waals surface area (Å²) in [6, 6.07) is 1.10. The van der Waals surface area contributed by atoms with Gasteiger partial charge in [-0.3, -0.25) is 9.36 Å². The SMILES string of the molecule is Cn1c(C(F)(F)C(F)(F)F)cc(=O)n(-c2cc(C(=O)OC3CCOC3)c(Cl)cc2F)c1=O. The Morgan fingerprint density at radius 2 is 1.84 bits per heavy atom. The van der Waals surface area contributed by atoms with E-state index < -0.39 is 63.2 Å². The van der Waals surface area contributed by atoms with E-state index in [1.165, 1.54) is 0 Å². The number of carbonyl (C=O) groups is 1. The van der Waals surface area contributed by atoms with E-state index in [1.54, 1.807) is 0 Å². The molecule has 1 aliphatic heterocycles. The highest BCUT2D eigenvalue weighted by atomic mass is 35.5. The van der Waals surface area contributed by atoms with E-state index in [4.69, 9.17) is 21.1 Å². The normalized spacial score (nSPS) is 16.9. The molecule has 1 atom stereocenters. The monoisotopic (exact) mass is 486 g/mol. The molecule has 0 spiro atoms. The molecule has 0 amide bonds. The summed E-state index contributed by atoms with van der Waals surface area (Å²) in [5, 5.41) is -0.444. The average Bonchev–Trinajstić information content (AvgIpc) is 3.18. The minimum Gasteiger partial charge on any atom is -0.456 e. The number of benzene rings is 1. The lowest BCUT2D eigenvalue weighted by molar-refractivity contribution is -0.292. The van der Waals surface area contributed by atoms with Crippen molar-refractivity contribution >= 4 is 17.6 Å². The van der Waals surface area contributed by atoms with Crippen LogP contribution in [0, 0.1) is 5.82 Å². The number of ether oxygens (including phenoxy) is 2. The minimum absolute atomic E-state index is 0.00290. The molecule has 7 nitrogen and oxygen atoms in total. The summed E-state index contributed by atoms with van der Waals surface area (Å²) in [5.74, 6) is -7.89. The maximum atomic E-state index is 14.5. The summed E-state index contributed by atoms with van der Waals surface area (Å²) in [7, 11) is 0.552. The highest BCUT2D eigenvalue weighted by Gasteiger charge is 2.60. The van der Waals surface area contributed by atoms with Gasteiger partial charge < -0.3 is 9.47 Å². The van der Waals surface area contributed by atoms with Gasteiger partial charge >= 0.3 is 23.8 Å². The van der Waals surface area contributed by atoms with Crippen LogP contribution in [0.4, 0.5) is 26.3 Å². The molecule has 0 saturated carbocycles. The van der Waals surface area contributed by atoms with E-state index in [9.17, 15) is 40.7 Å². The van der Waals surface area contributed by atoms with Crippen LogP contribution in [-0.4, -0.2) is 40.6 Å². The first-order chi connectivity index (χ1) is 14.8. The predicted molar refractivity (Wildman–Crippen MR) is 96.8 cm³/mol. The van der Waals surface area contributed by atoms with Crippen LogP contribution in [0.3, 0.4) is 0 Å². The van der Waals surface area contributed by atoms with Gasteiger partial charge in [-0.2, -0.15) is 22.0 Å². The molecule has 0 N–H and O–H groups in total. The maximum Gasteiger partial charge on any atom is 0.459 e. The number of hydrogen-bond acceptors (Lipinski definition) is 5. The summed E-state index contributed by atoms with van der Waals surface area (Å²) in [6.07, 6.45) is -6.33. The third-order valence-corrected chi connectivity index (χ3v) is 4.97. The first-order valence-corrected chi connectivity index (χ1v) is 9.19. The average molecular weight is 487 g/mol. The summed E-state index contributed by atoms with van der Waals surface area (Å²) in [5.41, 5.74) is -6.69. The van der Waals surface area contributed by atoms with Crippen LogP contribution in [0.1, 0.15) is 22.5 Å². The lowest BCUT2D eigenvalue weighted by Gasteiger charge is -2.22. The minimum atomic E-state index is -6.10. The van der Waals surface area contributed by atoms with Gasteiger partial charge in [0.15, 0.2) is 0 Å². The van der Waals surface area contributed by atoms with Gasteiger partial charge in [0, 0.05) is 19.5 Å². The van der Waals surface area contributed by atoms with Gasteiger partial charge in [0.25, 0.3) is 5.56 Å². The molecular weight excluding hydrogens is 474 g/mol. The number of alkyl halides is 5. The van der Waals surface area contributed by atoms with Crippen LogP contribution in [0.2, 0.25) is 5.02 Å². The van der Waals surface area contributed by atoms with Gasteiger partial charge in [-0.25, -0.2) is 18.5 Å². The number of aromatic nitrogens is 2. The lowest BCUT2D eigenvalue weighted by Crippen LogP contribution is -2.45. The summed E-state index contributed by atoms with van der Waals surface area (Å²) in [4.78, 5) is 37.1. The van der Waals surface area contributed by atoms with Crippen LogP contribution in [0.5, 0.6) is 0 Å². The van der Waals surface area contributed by atoms with Crippen molar-refractivity contribution in [1.29, 1.82) is 0 Å². The van der Waals surface area contributed by atoms with Gasteiger partial charge in [-0.1, -0.05) is 11.6 Å². The molecule has 1 aliphatic rings. The Hall–Kier alpha value is -2.80. The van der Waals surface area contributed by atoms with Crippen molar-refractivity contribution in [2.45, 2.75) is 24.6 Å². The summed E-state index contributed by atoms with van der Waals surface area (Å²) < 4.78 is 90.1. The Kier molecular flexibility index (Phi) is 6.17. The third-order valence-electron chi connectivity index (χ3n) is 4.66. The first-order valence-electron chi connectivity index (χ1n) is 8.82. The number of hydrogen-bond donors (Lipinski definition) is 0. The molecule has 1 unspecified atom stereocenters. The standard InChI is InChI=1S/C18H13ClF6N2O5/c1-26-13(17(21,22)18(23,24)25)6-14(28)27(16(26)30)12-4-9(10(19)5-11(12)20)15(29)32-8-2-3-31-7-8/h4-6,8H,2-3,7H2,1H3. The Morgan fingerprint density at radius 3 is 2.41 bits per heavy atom. The largest absolute Gasteiger partial charge is 0.459 e. The van der Waals surface area contributed by atoms with Crippen molar-refractivity contribution in [2.24, 2.45) is 7.05 Å². The lowest BCUT2D eigenvalue weighted by atomic mass is 10.1. The zero-order chi connectivity index (χ0) is 24.0. The first kappa shape index (κ1) is 23.9. The molecule has 32 heavy (non-hydrogen) atoms. The summed E-state index contributed by atoms with van der Waals surface area (Å²) in [6.45, 7) is 0.437. The molecule has 3 rings (SSSR count). The second kappa shape index (κ2) is 8.28. The highest BCUT2D eigenvalue weighted by Crippen LogP contribution is 2.42. The fourth-order valence-corrected chi connectivity index (χ4v) is 3.21. The smallest absolute Gasteiger partial charge is 0.456 e. The van der Waals surface area contributed by atoms with Crippen molar-refractivity contribution in [1.82, 2.24) is 9.13 Å². The van der Waals surface area contributed by atoms with E-state index in [0.29, 0.717) is 32.2 Å². The fourth-order valence-electron chi connectivity index (χ4n) is 2.98.